The van der Waals surface area contributed by atoms with Gasteiger partial charge in [0.2, 0.25) is 11.8 Å². The Kier molecular flexibility index (Phi) is 6.50. The lowest BCUT2D eigenvalue weighted by molar-refractivity contribution is -0.136. The summed E-state index contributed by atoms with van der Waals surface area (Å²) >= 11 is 0. The topological polar surface area (TPSA) is 40.6 Å². The monoisotopic (exact) mass is 274 g/mol. The van der Waals surface area contributed by atoms with Crippen LogP contribution in [0.2, 0.25) is 0 Å². The Labute approximate surface area is 120 Å². The molecule has 4 nitrogen and oxygen atoms in total. The molecule has 0 bridgehead atoms. The van der Waals surface area contributed by atoms with Crippen LogP contribution < -0.4 is 0 Å². The second-order valence-corrected chi connectivity index (χ2v) is 4.50. The molecular formula is C16H22N2O2. The third kappa shape index (κ3) is 4.88. The molecule has 2 amide bonds. The van der Waals surface area contributed by atoms with E-state index in [9.17, 15) is 9.59 Å². The number of nitrogens with zero attached hydrogens (tertiary/aromatic N) is 2. The summed E-state index contributed by atoms with van der Waals surface area (Å²) < 4.78 is 0. The highest BCUT2D eigenvalue weighted by Gasteiger charge is 2.14. The Morgan fingerprint density at radius 1 is 1.10 bits per heavy atom. The van der Waals surface area contributed by atoms with Crippen LogP contribution in [0.25, 0.3) is 6.08 Å². The fourth-order valence-electron chi connectivity index (χ4n) is 1.82. The first-order chi connectivity index (χ1) is 9.58. The predicted octanol–water partition coefficient (Wildman–Crippen LogP) is 2.03. The fraction of sp³-hybridized carbons (Fsp3) is 0.375. The smallest absolute Gasteiger partial charge is 0.246 e. The molecule has 0 saturated carbocycles. The first kappa shape index (κ1) is 16.0. The minimum absolute atomic E-state index is 0.0287. The normalized spacial score (nSPS) is 10.6. The molecule has 0 atom stereocenters. The number of benzene rings is 1. The standard InChI is InChI=1S/C16H22N2O2/c1-4-18(5-2)16(20)13-17(3)15(19)12-11-14-9-7-6-8-10-14/h6-12H,4-5,13H2,1-3H3/b12-11+. The Hall–Kier alpha value is -2.10. The van der Waals surface area contributed by atoms with Crippen molar-refractivity contribution >= 4 is 17.9 Å². The summed E-state index contributed by atoms with van der Waals surface area (Å²) in [6.07, 6.45) is 3.24. The van der Waals surface area contributed by atoms with E-state index < -0.39 is 0 Å². The van der Waals surface area contributed by atoms with Gasteiger partial charge in [-0.25, -0.2) is 0 Å². The van der Waals surface area contributed by atoms with Gasteiger partial charge in [-0.3, -0.25) is 9.59 Å². The second kappa shape index (κ2) is 8.15. The highest BCUT2D eigenvalue weighted by atomic mass is 16.2. The van der Waals surface area contributed by atoms with E-state index in [-0.39, 0.29) is 18.4 Å². The van der Waals surface area contributed by atoms with Crippen molar-refractivity contribution < 1.29 is 9.59 Å². The third-order valence-corrected chi connectivity index (χ3v) is 3.08. The lowest BCUT2D eigenvalue weighted by atomic mass is 10.2. The van der Waals surface area contributed by atoms with E-state index in [4.69, 9.17) is 0 Å². The van der Waals surface area contributed by atoms with Gasteiger partial charge in [-0.15, -0.1) is 0 Å². The van der Waals surface area contributed by atoms with Gasteiger partial charge in [0, 0.05) is 26.2 Å². The zero-order chi connectivity index (χ0) is 15.0. The van der Waals surface area contributed by atoms with Crippen LogP contribution in [0.4, 0.5) is 0 Å². The molecular weight excluding hydrogens is 252 g/mol. The van der Waals surface area contributed by atoms with Crippen LogP contribution in [-0.4, -0.2) is 48.3 Å². The van der Waals surface area contributed by atoms with E-state index in [1.165, 1.54) is 11.0 Å². The lowest BCUT2D eigenvalue weighted by Gasteiger charge is -2.22. The summed E-state index contributed by atoms with van der Waals surface area (Å²) in [5.41, 5.74) is 0.962. The molecule has 20 heavy (non-hydrogen) atoms. The Morgan fingerprint density at radius 2 is 1.70 bits per heavy atom. The van der Waals surface area contributed by atoms with Gasteiger partial charge in [0.05, 0.1) is 6.54 Å². The molecule has 0 aliphatic heterocycles. The van der Waals surface area contributed by atoms with Crippen molar-refractivity contribution in [3.05, 3.63) is 42.0 Å². The molecule has 108 valence electrons. The minimum atomic E-state index is -0.172. The molecule has 1 rings (SSSR count). The molecule has 0 saturated heterocycles. The maximum absolute atomic E-state index is 11.9. The molecule has 0 N–H and O–H groups in total. The Morgan fingerprint density at radius 3 is 2.25 bits per heavy atom. The van der Waals surface area contributed by atoms with Crippen LogP contribution in [0.5, 0.6) is 0 Å². The number of amides is 2. The number of likely N-dealkylation sites (N-methyl/N-ethyl adjacent to an activating group) is 2. The number of rotatable bonds is 6. The first-order valence-electron chi connectivity index (χ1n) is 6.84. The van der Waals surface area contributed by atoms with Gasteiger partial charge in [-0.05, 0) is 25.5 Å². The molecule has 4 heteroatoms. The summed E-state index contributed by atoms with van der Waals surface area (Å²) in [5.74, 6) is -0.201. The van der Waals surface area contributed by atoms with Crippen LogP contribution in [0.15, 0.2) is 36.4 Å². The lowest BCUT2D eigenvalue weighted by Crippen LogP contribution is -2.40. The molecule has 0 aliphatic carbocycles. The Bertz CT molecular complexity index is 465. The summed E-state index contributed by atoms with van der Waals surface area (Å²) in [6, 6.07) is 9.60. The molecule has 0 spiro atoms. The number of hydrogen-bond acceptors (Lipinski definition) is 2. The number of carbonyl (C=O) groups excluding carboxylic acids is 2. The quantitative estimate of drug-likeness (QED) is 0.745. The fourth-order valence-corrected chi connectivity index (χ4v) is 1.82. The van der Waals surface area contributed by atoms with Gasteiger partial charge in [0.15, 0.2) is 0 Å². The maximum atomic E-state index is 11.9. The zero-order valence-electron chi connectivity index (χ0n) is 12.4. The Balaban J connectivity index is 2.55. The van der Waals surface area contributed by atoms with Crippen molar-refractivity contribution in [1.29, 1.82) is 0 Å². The van der Waals surface area contributed by atoms with Crippen LogP contribution in [0.3, 0.4) is 0 Å². The van der Waals surface area contributed by atoms with Gasteiger partial charge in [0.25, 0.3) is 0 Å². The van der Waals surface area contributed by atoms with Crippen molar-refractivity contribution in [2.45, 2.75) is 13.8 Å². The highest BCUT2D eigenvalue weighted by Crippen LogP contribution is 2.02. The van der Waals surface area contributed by atoms with Gasteiger partial charge in [-0.1, -0.05) is 30.3 Å². The number of carbonyl (C=O) groups is 2. The van der Waals surface area contributed by atoms with E-state index in [1.54, 1.807) is 18.0 Å². The summed E-state index contributed by atoms with van der Waals surface area (Å²) in [7, 11) is 1.64. The van der Waals surface area contributed by atoms with E-state index in [1.807, 2.05) is 44.2 Å². The van der Waals surface area contributed by atoms with E-state index in [0.717, 1.165) is 5.56 Å². The van der Waals surface area contributed by atoms with Gasteiger partial charge in [-0.2, -0.15) is 0 Å². The SMILES string of the molecule is CCN(CC)C(=O)CN(C)C(=O)/C=C/c1ccccc1. The average molecular weight is 274 g/mol. The van der Waals surface area contributed by atoms with Crippen molar-refractivity contribution in [2.75, 3.05) is 26.7 Å². The van der Waals surface area contributed by atoms with Crippen LogP contribution in [0.1, 0.15) is 19.4 Å². The first-order valence-corrected chi connectivity index (χ1v) is 6.84. The van der Waals surface area contributed by atoms with E-state index in [0.29, 0.717) is 13.1 Å². The van der Waals surface area contributed by atoms with Crippen molar-refractivity contribution in [2.24, 2.45) is 0 Å². The molecule has 0 aliphatic rings. The molecule has 0 radical (unpaired) electrons. The second-order valence-electron chi connectivity index (χ2n) is 4.50. The molecule has 0 heterocycles. The van der Waals surface area contributed by atoms with Crippen LogP contribution >= 0.6 is 0 Å². The molecule has 1 aromatic rings. The minimum Gasteiger partial charge on any atom is -0.342 e. The van der Waals surface area contributed by atoms with Crippen LogP contribution in [-0.2, 0) is 9.59 Å². The summed E-state index contributed by atoms with van der Waals surface area (Å²) in [6.45, 7) is 5.30. The predicted molar refractivity (Wildman–Crippen MR) is 81.0 cm³/mol. The van der Waals surface area contributed by atoms with Crippen molar-refractivity contribution in [3.8, 4) is 0 Å². The largest absolute Gasteiger partial charge is 0.342 e. The summed E-state index contributed by atoms with van der Waals surface area (Å²) in [4.78, 5) is 27.0. The maximum Gasteiger partial charge on any atom is 0.246 e. The third-order valence-electron chi connectivity index (χ3n) is 3.08. The highest BCUT2D eigenvalue weighted by molar-refractivity contribution is 5.94. The van der Waals surface area contributed by atoms with Crippen molar-refractivity contribution in [3.63, 3.8) is 0 Å². The molecule has 1 aromatic carbocycles. The average Bonchev–Trinajstić information content (AvgIpc) is 2.47. The molecule has 0 aromatic heterocycles. The van der Waals surface area contributed by atoms with E-state index in [2.05, 4.69) is 0 Å². The van der Waals surface area contributed by atoms with E-state index >= 15 is 0 Å². The van der Waals surface area contributed by atoms with Gasteiger partial charge in [0.1, 0.15) is 0 Å². The summed E-state index contributed by atoms with van der Waals surface area (Å²) in [5, 5.41) is 0. The van der Waals surface area contributed by atoms with Crippen molar-refractivity contribution in [1.82, 2.24) is 9.80 Å². The van der Waals surface area contributed by atoms with Gasteiger partial charge < -0.3 is 9.80 Å². The van der Waals surface area contributed by atoms with Gasteiger partial charge >= 0.3 is 0 Å². The molecule has 0 fully saturated rings. The zero-order valence-corrected chi connectivity index (χ0v) is 12.4. The molecule has 0 unspecified atom stereocenters. The number of hydrogen-bond donors (Lipinski definition) is 0. The van der Waals surface area contributed by atoms with Crippen LogP contribution in [0, 0.1) is 0 Å².